The highest BCUT2D eigenvalue weighted by atomic mass is 19.1. The first-order valence-electron chi connectivity index (χ1n) is 12.2. The van der Waals surface area contributed by atoms with Gasteiger partial charge in [-0.15, -0.1) is 0 Å². The summed E-state index contributed by atoms with van der Waals surface area (Å²) in [6, 6.07) is 9.98. The molecule has 0 amide bonds. The van der Waals surface area contributed by atoms with Crippen molar-refractivity contribution in [3.05, 3.63) is 47.5 Å². The Balaban J connectivity index is 1.39. The largest absolute Gasteiger partial charge is 0.235 e. The summed E-state index contributed by atoms with van der Waals surface area (Å²) in [5, 5.41) is 8.82. The molecule has 2 aromatic rings. The first kappa shape index (κ1) is 23.4. The van der Waals surface area contributed by atoms with Crippen molar-refractivity contribution >= 4 is 0 Å². The summed E-state index contributed by atoms with van der Waals surface area (Å²) in [5.74, 6) is 1.11. The highest BCUT2D eigenvalue weighted by Gasteiger charge is 2.22. The van der Waals surface area contributed by atoms with Gasteiger partial charge < -0.3 is 0 Å². The van der Waals surface area contributed by atoms with Crippen molar-refractivity contribution in [1.82, 2.24) is 9.97 Å². The Morgan fingerprint density at radius 2 is 1.58 bits per heavy atom. The van der Waals surface area contributed by atoms with Crippen LogP contribution in [0.4, 0.5) is 4.39 Å². The predicted octanol–water partition coefficient (Wildman–Crippen LogP) is 7.96. The maximum absolute atomic E-state index is 13.8. The van der Waals surface area contributed by atoms with Crippen molar-refractivity contribution in [2.45, 2.75) is 96.3 Å². The van der Waals surface area contributed by atoms with Crippen LogP contribution in [-0.2, 0) is 0 Å². The zero-order valence-corrected chi connectivity index (χ0v) is 19.0. The molecule has 1 saturated carbocycles. The predicted molar refractivity (Wildman–Crippen MR) is 124 cm³/mol. The summed E-state index contributed by atoms with van der Waals surface area (Å²) >= 11 is 0. The van der Waals surface area contributed by atoms with Crippen LogP contribution in [0.1, 0.15) is 107 Å². The van der Waals surface area contributed by atoms with Crippen molar-refractivity contribution in [3.8, 4) is 17.5 Å². The lowest BCUT2D eigenvalue weighted by Crippen LogP contribution is -2.13. The van der Waals surface area contributed by atoms with Crippen LogP contribution in [-0.4, -0.2) is 9.97 Å². The smallest absolute Gasteiger partial charge is 0.234 e. The molecular weight excluding hydrogens is 385 g/mol. The normalized spacial score (nSPS) is 18.6. The molecule has 1 aliphatic rings. The van der Waals surface area contributed by atoms with E-state index in [2.05, 4.69) is 29.0 Å². The monoisotopic (exact) mass is 421 g/mol. The SMILES string of the molecule is CCCCCCCCCC[C@H]1CC[C@H](c2ccc(-c3ncc(C#N)c(F)n3)cc2)CC1. The molecule has 0 bridgehead atoms. The zero-order valence-electron chi connectivity index (χ0n) is 19.0. The summed E-state index contributed by atoms with van der Waals surface area (Å²) in [5.41, 5.74) is 2.03. The average Bonchev–Trinajstić information content (AvgIpc) is 2.81. The first-order valence-corrected chi connectivity index (χ1v) is 12.2. The molecule has 1 aromatic carbocycles. The quantitative estimate of drug-likeness (QED) is 0.273. The lowest BCUT2D eigenvalue weighted by molar-refractivity contribution is 0.302. The molecule has 0 saturated heterocycles. The molecule has 166 valence electrons. The van der Waals surface area contributed by atoms with E-state index >= 15 is 0 Å². The van der Waals surface area contributed by atoms with Crippen LogP contribution in [0.25, 0.3) is 11.4 Å². The molecule has 1 fully saturated rings. The molecule has 3 nitrogen and oxygen atoms in total. The Morgan fingerprint density at radius 3 is 2.19 bits per heavy atom. The van der Waals surface area contributed by atoms with Crippen molar-refractivity contribution < 1.29 is 4.39 Å². The fraction of sp³-hybridized carbons (Fsp3) is 0.593. The molecule has 1 heterocycles. The highest BCUT2D eigenvalue weighted by molar-refractivity contribution is 5.55. The molecule has 0 atom stereocenters. The van der Waals surface area contributed by atoms with E-state index in [4.69, 9.17) is 5.26 Å². The van der Waals surface area contributed by atoms with Gasteiger partial charge in [0.25, 0.3) is 0 Å². The van der Waals surface area contributed by atoms with Gasteiger partial charge in [0.15, 0.2) is 5.82 Å². The van der Waals surface area contributed by atoms with E-state index in [1.54, 1.807) is 6.07 Å². The average molecular weight is 422 g/mol. The third-order valence-corrected chi connectivity index (χ3v) is 6.82. The van der Waals surface area contributed by atoms with E-state index in [0.717, 1.165) is 11.5 Å². The number of rotatable bonds is 11. The molecule has 31 heavy (non-hydrogen) atoms. The zero-order chi connectivity index (χ0) is 21.9. The summed E-state index contributed by atoms with van der Waals surface area (Å²) in [4.78, 5) is 7.95. The summed E-state index contributed by atoms with van der Waals surface area (Å²) in [6.45, 7) is 2.28. The minimum absolute atomic E-state index is 0.121. The summed E-state index contributed by atoms with van der Waals surface area (Å²) < 4.78 is 13.8. The second-order valence-electron chi connectivity index (χ2n) is 9.11. The molecule has 0 N–H and O–H groups in total. The number of halogens is 1. The van der Waals surface area contributed by atoms with Gasteiger partial charge in [0.2, 0.25) is 5.95 Å². The number of aromatic nitrogens is 2. The summed E-state index contributed by atoms with van der Waals surface area (Å²) in [6.07, 6.45) is 19.1. The number of benzene rings is 1. The van der Waals surface area contributed by atoms with Crippen LogP contribution in [0, 0.1) is 23.2 Å². The van der Waals surface area contributed by atoms with Crippen molar-refractivity contribution in [2.75, 3.05) is 0 Å². The van der Waals surface area contributed by atoms with Crippen LogP contribution in [0.15, 0.2) is 30.5 Å². The fourth-order valence-corrected chi connectivity index (χ4v) is 4.83. The Bertz CT molecular complexity index is 833. The minimum Gasteiger partial charge on any atom is -0.235 e. The van der Waals surface area contributed by atoms with Crippen LogP contribution in [0.5, 0.6) is 0 Å². The van der Waals surface area contributed by atoms with Gasteiger partial charge >= 0.3 is 0 Å². The molecular formula is C27H36FN3. The van der Waals surface area contributed by atoms with Gasteiger partial charge in [-0.2, -0.15) is 14.6 Å². The first-order chi connectivity index (χ1) is 15.2. The van der Waals surface area contributed by atoms with Crippen molar-refractivity contribution in [3.63, 3.8) is 0 Å². The highest BCUT2D eigenvalue weighted by Crippen LogP contribution is 2.38. The molecule has 1 aromatic heterocycles. The lowest BCUT2D eigenvalue weighted by atomic mass is 9.77. The number of hydrogen-bond acceptors (Lipinski definition) is 3. The van der Waals surface area contributed by atoms with Gasteiger partial charge in [0.1, 0.15) is 11.6 Å². The van der Waals surface area contributed by atoms with E-state index in [-0.39, 0.29) is 5.56 Å². The number of nitrogens with zero attached hydrogens (tertiary/aromatic N) is 3. The molecule has 0 unspecified atom stereocenters. The van der Waals surface area contributed by atoms with E-state index in [9.17, 15) is 4.39 Å². The van der Waals surface area contributed by atoms with Crippen molar-refractivity contribution in [1.29, 1.82) is 5.26 Å². The van der Waals surface area contributed by atoms with Gasteiger partial charge in [-0.1, -0.05) is 89.0 Å². The fourth-order valence-electron chi connectivity index (χ4n) is 4.83. The lowest BCUT2D eigenvalue weighted by Gasteiger charge is -2.29. The number of unbranched alkanes of at least 4 members (excludes halogenated alkanes) is 7. The second-order valence-corrected chi connectivity index (χ2v) is 9.11. The molecule has 1 aliphatic carbocycles. The standard InChI is InChI=1S/C27H36FN3/c1-2-3-4-5-6-7-8-9-10-21-11-13-22(14-12-21)23-15-17-24(18-16-23)27-30-20-25(19-29)26(28)31-27/h15-18,20-22H,2-14H2,1H3/t21-,22-. The topological polar surface area (TPSA) is 49.6 Å². The number of hydrogen-bond donors (Lipinski definition) is 0. The molecule has 0 spiro atoms. The van der Waals surface area contributed by atoms with Gasteiger partial charge in [-0.3, -0.25) is 0 Å². The number of nitriles is 1. The van der Waals surface area contributed by atoms with Gasteiger partial charge in [0, 0.05) is 5.56 Å². The Hall–Kier alpha value is -2.28. The van der Waals surface area contributed by atoms with E-state index in [1.165, 1.54) is 95.2 Å². The Morgan fingerprint density at radius 1 is 0.935 bits per heavy atom. The Kier molecular flexibility index (Phi) is 9.46. The molecule has 4 heteroatoms. The molecule has 0 aliphatic heterocycles. The van der Waals surface area contributed by atoms with Crippen LogP contribution < -0.4 is 0 Å². The summed E-state index contributed by atoms with van der Waals surface area (Å²) in [7, 11) is 0. The van der Waals surface area contributed by atoms with E-state index in [1.807, 2.05) is 12.1 Å². The van der Waals surface area contributed by atoms with Crippen LogP contribution in [0.2, 0.25) is 0 Å². The van der Waals surface area contributed by atoms with E-state index in [0.29, 0.717) is 11.7 Å². The maximum atomic E-state index is 13.8. The maximum Gasteiger partial charge on any atom is 0.234 e. The molecule has 3 rings (SSSR count). The minimum atomic E-state index is -0.758. The van der Waals surface area contributed by atoms with Gasteiger partial charge in [-0.25, -0.2) is 4.98 Å². The Labute approximate surface area is 187 Å². The third kappa shape index (κ3) is 7.13. The molecule has 0 radical (unpaired) electrons. The van der Waals surface area contributed by atoms with Crippen LogP contribution in [0.3, 0.4) is 0 Å². The van der Waals surface area contributed by atoms with Crippen molar-refractivity contribution in [2.24, 2.45) is 5.92 Å². The van der Waals surface area contributed by atoms with Gasteiger partial charge in [-0.05, 0) is 43.1 Å². The second kappa shape index (κ2) is 12.5. The van der Waals surface area contributed by atoms with Crippen LogP contribution >= 0.6 is 0 Å². The third-order valence-electron chi connectivity index (χ3n) is 6.82. The van der Waals surface area contributed by atoms with E-state index < -0.39 is 5.95 Å². The van der Waals surface area contributed by atoms with Gasteiger partial charge in [0.05, 0.1) is 6.20 Å².